The van der Waals surface area contributed by atoms with E-state index in [1.165, 1.54) is 25.0 Å². The molecule has 5 heteroatoms. The molecule has 2 heterocycles. The van der Waals surface area contributed by atoms with Gasteiger partial charge in [0.25, 0.3) is 0 Å². The van der Waals surface area contributed by atoms with Crippen molar-refractivity contribution in [1.82, 2.24) is 15.1 Å². The van der Waals surface area contributed by atoms with E-state index in [2.05, 4.69) is 29.0 Å². The van der Waals surface area contributed by atoms with Gasteiger partial charge in [0.1, 0.15) is 5.82 Å². The molecule has 27 heavy (non-hydrogen) atoms. The molecule has 2 atom stereocenters. The smallest absolute Gasteiger partial charge is 0.217 e. The maximum absolute atomic E-state index is 13.3. The summed E-state index contributed by atoms with van der Waals surface area (Å²) in [5.41, 5.74) is 1.14. The Kier molecular flexibility index (Phi) is 6.88. The Morgan fingerprint density at radius 2 is 1.81 bits per heavy atom. The van der Waals surface area contributed by atoms with Gasteiger partial charge in [-0.2, -0.15) is 0 Å². The zero-order valence-electron chi connectivity index (χ0n) is 17.0. The number of piperidine rings is 2. The summed E-state index contributed by atoms with van der Waals surface area (Å²) in [6, 6.07) is 8.47. The van der Waals surface area contributed by atoms with Crippen LogP contribution in [0.3, 0.4) is 0 Å². The van der Waals surface area contributed by atoms with Gasteiger partial charge in [0.15, 0.2) is 0 Å². The van der Waals surface area contributed by atoms with E-state index in [4.69, 9.17) is 0 Å². The van der Waals surface area contributed by atoms with E-state index < -0.39 is 0 Å². The topological polar surface area (TPSA) is 35.6 Å². The van der Waals surface area contributed by atoms with Crippen molar-refractivity contribution in [3.8, 4) is 0 Å². The highest BCUT2D eigenvalue weighted by atomic mass is 19.1. The number of hydrogen-bond donors (Lipinski definition) is 1. The van der Waals surface area contributed by atoms with Gasteiger partial charge < -0.3 is 10.2 Å². The Bertz CT molecular complexity index is 610. The summed E-state index contributed by atoms with van der Waals surface area (Å²) in [5.74, 6) is -0.153. The predicted molar refractivity (Wildman–Crippen MR) is 107 cm³/mol. The van der Waals surface area contributed by atoms with Gasteiger partial charge in [0, 0.05) is 31.1 Å². The van der Waals surface area contributed by atoms with Crippen LogP contribution >= 0.6 is 0 Å². The molecule has 2 aliphatic heterocycles. The van der Waals surface area contributed by atoms with Gasteiger partial charge in [0.2, 0.25) is 5.91 Å². The second-order valence-corrected chi connectivity index (χ2v) is 8.45. The van der Waals surface area contributed by atoms with Crippen LogP contribution in [0.1, 0.15) is 52.0 Å². The van der Waals surface area contributed by atoms with Gasteiger partial charge in [-0.3, -0.25) is 9.69 Å². The number of halogens is 1. The van der Waals surface area contributed by atoms with Gasteiger partial charge in [0.05, 0.1) is 0 Å². The second kappa shape index (κ2) is 9.16. The third kappa shape index (κ3) is 5.29. The number of carbonyl (C=O) groups is 1. The Balaban J connectivity index is 1.74. The highest BCUT2D eigenvalue weighted by Gasteiger charge is 2.37. The summed E-state index contributed by atoms with van der Waals surface area (Å²) in [6.07, 6.45) is 5.37. The fourth-order valence-corrected chi connectivity index (χ4v) is 4.82. The van der Waals surface area contributed by atoms with E-state index in [-0.39, 0.29) is 23.8 Å². The standard InChI is InChI=1S/C22H34FN3O/c1-16(2)25-13-10-20(11-14-25)26-12-4-5-21(24-17(3)27)22(26)15-18-6-8-19(23)9-7-18/h6-9,16,20-22H,4-5,10-15H2,1-3H3,(H,24,27)/t21-,22-/m0/s1. The highest BCUT2D eigenvalue weighted by Crippen LogP contribution is 2.28. The van der Waals surface area contributed by atoms with Crippen molar-refractivity contribution in [3.63, 3.8) is 0 Å². The number of nitrogens with one attached hydrogen (secondary N) is 1. The van der Waals surface area contributed by atoms with Crippen LogP contribution in [-0.2, 0) is 11.2 Å². The molecule has 0 radical (unpaired) electrons. The molecule has 0 spiro atoms. The molecule has 0 saturated carbocycles. The van der Waals surface area contributed by atoms with Crippen LogP contribution in [0.5, 0.6) is 0 Å². The molecule has 2 saturated heterocycles. The van der Waals surface area contributed by atoms with Crippen LogP contribution in [0.2, 0.25) is 0 Å². The lowest BCUT2D eigenvalue weighted by Gasteiger charge is -2.48. The normalized spacial score (nSPS) is 25.7. The molecular weight excluding hydrogens is 341 g/mol. The fourth-order valence-electron chi connectivity index (χ4n) is 4.82. The van der Waals surface area contributed by atoms with Crippen molar-refractivity contribution in [1.29, 1.82) is 0 Å². The minimum absolute atomic E-state index is 0.0422. The van der Waals surface area contributed by atoms with Crippen LogP contribution in [-0.4, -0.2) is 59.5 Å². The molecule has 0 unspecified atom stereocenters. The van der Waals surface area contributed by atoms with Gasteiger partial charge in [-0.1, -0.05) is 12.1 Å². The largest absolute Gasteiger partial charge is 0.352 e. The van der Waals surface area contributed by atoms with Crippen LogP contribution in [0.25, 0.3) is 0 Å². The fraction of sp³-hybridized carbons (Fsp3) is 0.682. The van der Waals surface area contributed by atoms with E-state index >= 15 is 0 Å². The zero-order valence-corrected chi connectivity index (χ0v) is 17.0. The summed E-state index contributed by atoms with van der Waals surface area (Å²) >= 11 is 0. The summed E-state index contributed by atoms with van der Waals surface area (Å²) in [4.78, 5) is 17.0. The molecule has 0 aliphatic carbocycles. The summed E-state index contributed by atoms with van der Waals surface area (Å²) in [6.45, 7) is 9.53. The van der Waals surface area contributed by atoms with E-state index in [1.54, 1.807) is 6.92 Å². The maximum Gasteiger partial charge on any atom is 0.217 e. The van der Waals surface area contributed by atoms with Gasteiger partial charge >= 0.3 is 0 Å². The first-order chi connectivity index (χ1) is 12.9. The number of benzene rings is 1. The van der Waals surface area contributed by atoms with Gasteiger partial charge in [-0.05, 0) is 83.3 Å². The Morgan fingerprint density at radius 1 is 1.15 bits per heavy atom. The zero-order chi connectivity index (χ0) is 19.4. The average molecular weight is 376 g/mol. The van der Waals surface area contributed by atoms with Crippen LogP contribution < -0.4 is 5.32 Å². The maximum atomic E-state index is 13.3. The molecule has 2 aliphatic rings. The average Bonchev–Trinajstić information content (AvgIpc) is 2.64. The number of likely N-dealkylation sites (tertiary alicyclic amines) is 2. The van der Waals surface area contributed by atoms with E-state index in [0.29, 0.717) is 12.1 Å². The van der Waals surface area contributed by atoms with Crippen molar-refractivity contribution in [2.75, 3.05) is 19.6 Å². The van der Waals surface area contributed by atoms with Crippen molar-refractivity contribution < 1.29 is 9.18 Å². The third-order valence-corrected chi connectivity index (χ3v) is 6.27. The molecule has 1 N–H and O–H groups in total. The molecule has 1 aromatic carbocycles. The molecule has 150 valence electrons. The molecule has 0 aromatic heterocycles. The lowest BCUT2D eigenvalue weighted by atomic mass is 9.87. The first kappa shape index (κ1) is 20.3. The Morgan fingerprint density at radius 3 is 2.41 bits per heavy atom. The van der Waals surface area contributed by atoms with E-state index in [9.17, 15) is 9.18 Å². The van der Waals surface area contributed by atoms with Crippen molar-refractivity contribution in [2.45, 2.75) is 77.0 Å². The minimum Gasteiger partial charge on any atom is -0.352 e. The number of nitrogens with zero attached hydrogens (tertiary/aromatic N) is 2. The molecule has 1 amide bonds. The van der Waals surface area contributed by atoms with Crippen molar-refractivity contribution in [3.05, 3.63) is 35.6 Å². The lowest BCUT2D eigenvalue weighted by molar-refractivity contribution is -0.120. The van der Waals surface area contributed by atoms with Crippen LogP contribution in [0, 0.1) is 5.82 Å². The van der Waals surface area contributed by atoms with E-state index in [0.717, 1.165) is 44.5 Å². The monoisotopic (exact) mass is 375 g/mol. The first-order valence-electron chi connectivity index (χ1n) is 10.5. The highest BCUT2D eigenvalue weighted by molar-refractivity contribution is 5.73. The molecule has 1 aromatic rings. The number of amides is 1. The number of carbonyl (C=O) groups excluding carboxylic acids is 1. The summed E-state index contributed by atoms with van der Waals surface area (Å²) < 4.78 is 13.3. The number of rotatable bonds is 5. The van der Waals surface area contributed by atoms with Crippen LogP contribution in [0.4, 0.5) is 4.39 Å². The van der Waals surface area contributed by atoms with Crippen molar-refractivity contribution >= 4 is 5.91 Å². The summed E-state index contributed by atoms with van der Waals surface area (Å²) in [5, 5.41) is 3.19. The number of hydrogen-bond acceptors (Lipinski definition) is 3. The third-order valence-electron chi connectivity index (χ3n) is 6.27. The van der Waals surface area contributed by atoms with Crippen LogP contribution in [0.15, 0.2) is 24.3 Å². The predicted octanol–water partition coefficient (Wildman–Crippen LogP) is 3.21. The van der Waals surface area contributed by atoms with Crippen molar-refractivity contribution in [2.24, 2.45) is 0 Å². The Labute approximate surface area is 163 Å². The molecule has 0 bridgehead atoms. The molecule has 4 nitrogen and oxygen atoms in total. The second-order valence-electron chi connectivity index (χ2n) is 8.45. The SMILES string of the molecule is CC(=O)N[C@H]1CCCN(C2CCN(C(C)C)CC2)[C@H]1Cc1ccc(F)cc1. The quantitative estimate of drug-likeness (QED) is 0.858. The molecule has 3 rings (SSSR count). The Hall–Kier alpha value is -1.46. The lowest BCUT2D eigenvalue weighted by Crippen LogP contribution is -2.60. The minimum atomic E-state index is -0.196. The first-order valence-corrected chi connectivity index (χ1v) is 10.5. The van der Waals surface area contributed by atoms with E-state index in [1.807, 2.05) is 12.1 Å². The van der Waals surface area contributed by atoms with Gasteiger partial charge in [-0.15, -0.1) is 0 Å². The van der Waals surface area contributed by atoms with Gasteiger partial charge in [-0.25, -0.2) is 4.39 Å². The summed E-state index contributed by atoms with van der Waals surface area (Å²) in [7, 11) is 0. The molecule has 2 fully saturated rings. The molecular formula is C22H34FN3O.